The molecule has 1 aromatic heterocycles. The van der Waals surface area contributed by atoms with Gasteiger partial charge in [0.05, 0.1) is 23.4 Å². The Hall–Kier alpha value is -2.68. The summed E-state index contributed by atoms with van der Waals surface area (Å²) in [5.74, 6) is -0.262. The van der Waals surface area contributed by atoms with Crippen LogP contribution in [0.3, 0.4) is 0 Å². The summed E-state index contributed by atoms with van der Waals surface area (Å²) in [5, 5.41) is 0.854. The van der Waals surface area contributed by atoms with Crippen LogP contribution in [-0.2, 0) is 4.74 Å². The summed E-state index contributed by atoms with van der Waals surface area (Å²) >= 11 is 0. The Morgan fingerprint density at radius 3 is 2.36 bits per heavy atom. The number of aryl methyl sites for hydroxylation is 2. The summed E-state index contributed by atoms with van der Waals surface area (Å²) in [6.07, 6.45) is 5.67. The first-order valence-electron chi connectivity index (χ1n) is 10.2. The number of nitrogens with zero attached hydrogens (tertiary/aromatic N) is 1. The molecule has 0 aliphatic carbocycles. The van der Waals surface area contributed by atoms with Gasteiger partial charge in [0, 0.05) is 10.9 Å². The summed E-state index contributed by atoms with van der Waals surface area (Å²) in [7, 11) is 0. The average molecular weight is 376 g/mol. The third-order valence-corrected chi connectivity index (χ3v) is 5.01. The Morgan fingerprint density at radius 1 is 0.893 bits per heavy atom. The third kappa shape index (κ3) is 4.98. The monoisotopic (exact) mass is 375 g/mol. The molecular weight excluding hydrogens is 346 g/mol. The van der Waals surface area contributed by atoms with Crippen molar-refractivity contribution >= 4 is 16.9 Å². The number of unbranched alkanes of at least 4 members (excludes halogenated alkanes) is 4. The lowest BCUT2D eigenvalue weighted by Gasteiger charge is -2.11. The fourth-order valence-electron chi connectivity index (χ4n) is 3.33. The fraction of sp³-hybridized carbons (Fsp3) is 0.360. The van der Waals surface area contributed by atoms with Crippen LogP contribution in [0.1, 0.15) is 60.5 Å². The predicted octanol–water partition coefficient (Wildman–Crippen LogP) is 6.65. The molecule has 28 heavy (non-hydrogen) atoms. The van der Waals surface area contributed by atoms with Gasteiger partial charge in [-0.05, 0) is 38.5 Å². The fourth-order valence-corrected chi connectivity index (χ4v) is 3.33. The van der Waals surface area contributed by atoms with Crippen LogP contribution in [0.25, 0.3) is 22.2 Å². The van der Waals surface area contributed by atoms with Crippen molar-refractivity contribution in [1.82, 2.24) is 4.98 Å². The van der Waals surface area contributed by atoms with Gasteiger partial charge in [-0.15, -0.1) is 0 Å². The van der Waals surface area contributed by atoms with E-state index in [1.807, 2.05) is 43.3 Å². The average Bonchev–Trinajstić information content (AvgIpc) is 2.70. The zero-order chi connectivity index (χ0) is 19.9. The minimum Gasteiger partial charge on any atom is -0.462 e. The van der Waals surface area contributed by atoms with E-state index in [2.05, 4.69) is 26.0 Å². The van der Waals surface area contributed by atoms with Crippen LogP contribution < -0.4 is 0 Å². The smallest absolute Gasteiger partial charge is 0.338 e. The molecule has 0 unspecified atom stereocenters. The molecule has 0 aliphatic rings. The van der Waals surface area contributed by atoms with Gasteiger partial charge in [0.2, 0.25) is 0 Å². The number of hydrogen-bond donors (Lipinski definition) is 0. The second-order valence-electron chi connectivity index (χ2n) is 7.49. The maximum atomic E-state index is 12.8. The largest absolute Gasteiger partial charge is 0.462 e. The molecule has 146 valence electrons. The maximum absolute atomic E-state index is 12.8. The minimum atomic E-state index is -0.262. The van der Waals surface area contributed by atoms with Crippen LogP contribution in [0, 0.1) is 13.8 Å². The number of benzene rings is 2. The summed E-state index contributed by atoms with van der Waals surface area (Å²) in [6, 6.07) is 16.1. The van der Waals surface area contributed by atoms with E-state index in [-0.39, 0.29) is 5.97 Å². The normalized spacial score (nSPS) is 11.0. The zero-order valence-corrected chi connectivity index (χ0v) is 17.1. The lowest BCUT2D eigenvalue weighted by molar-refractivity contribution is 0.0500. The molecule has 0 bridgehead atoms. The van der Waals surface area contributed by atoms with Gasteiger partial charge in [0.1, 0.15) is 0 Å². The molecule has 0 atom stereocenters. The van der Waals surface area contributed by atoms with Gasteiger partial charge in [0.25, 0.3) is 0 Å². The Bertz CT molecular complexity index is 945. The highest BCUT2D eigenvalue weighted by molar-refractivity contribution is 6.04. The second-order valence-corrected chi connectivity index (χ2v) is 7.49. The van der Waals surface area contributed by atoms with Gasteiger partial charge in [-0.3, -0.25) is 0 Å². The van der Waals surface area contributed by atoms with E-state index in [1.165, 1.54) is 24.8 Å². The van der Waals surface area contributed by atoms with Crippen molar-refractivity contribution in [2.75, 3.05) is 6.61 Å². The van der Waals surface area contributed by atoms with Crippen LogP contribution >= 0.6 is 0 Å². The Labute approximate surface area is 167 Å². The number of pyridine rings is 1. The second kappa shape index (κ2) is 9.50. The summed E-state index contributed by atoms with van der Waals surface area (Å²) < 4.78 is 5.60. The Morgan fingerprint density at radius 2 is 1.61 bits per heavy atom. The first-order valence-corrected chi connectivity index (χ1v) is 10.2. The molecule has 0 N–H and O–H groups in total. The van der Waals surface area contributed by atoms with E-state index < -0.39 is 0 Å². The number of aromatic nitrogens is 1. The molecule has 0 aliphatic heterocycles. The van der Waals surface area contributed by atoms with E-state index in [0.717, 1.165) is 40.6 Å². The van der Waals surface area contributed by atoms with Crippen molar-refractivity contribution in [3.8, 4) is 11.3 Å². The molecule has 0 radical (unpaired) electrons. The highest BCUT2D eigenvalue weighted by Gasteiger charge is 2.15. The summed E-state index contributed by atoms with van der Waals surface area (Å²) in [5.41, 5.74) is 5.51. The number of hydrogen-bond acceptors (Lipinski definition) is 3. The number of fused-ring (bicyclic) bond motifs is 1. The molecule has 3 heteroatoms. The van der Waals surface area contributed by atoms with Crippen molar-refractivity contribution in [3.05, 3.63) is 65.2 Å². The Kier molecular flexibility index (Phi) is 6.80. The number of carbonyl (C=O) groups is 1. The summed E-state index contributed by atoms with van der Waals surface area (Å²) in [6.45, 7) is 6.75. The summed E-state index contributed by atoms with van der Waals surface area (Å²) in [4.78, 5) is 17.6. The van der Waals surface area contributed by atoms with Crippen molar-refractivity contribution in [2.24, 2.45) is 0 Å². The molecule has 0 spiro atoms. The number of ether oxygens (including phenoxy) is 1. The zero-order valence-electron chi connectivity index (χ0n) is 17.1. The first kappa shape index (κ1) is 20.1. The van der Waals surface area contributed by atoms with Crippen LogP contribution in [0.4, 0.5) is 0 Å². The lowest BCUT2D eigenvalue weighted by atomic mass is 10.0. The standard InChI is InChI=1S/C25H29NO2/c1-4-5-6-7-8-15-28-25(27)22-17-24(20-12-9-18(2)10-13-20)26-23-14-11-19(3)16-21(22)23/h9-14,16-17H,4-8,15H2,1-3H3. The van der Waals surface area contributed by atoms with E-state index in [0.29, 0.717) is 12.2 Å². The van der Waals surface area contributed by atoms with Crippen LogP contribution in [-0.4, -0.2) is 17.6 Å². The molecule has 0 saturated carbocycles. The number of carbonyl (C=O) groups excluding carboxylic acids is 1. The van der Waals surface area contributed by atoms with E-state index in [1.54, 1.807) is 0 Å². The minimum absolute atomic E-state index is 0.262. The van der Waals surface area contributed by atoms with Gasteiger partial charge in [-0.1, -0.05) is 74.1 Å². The molecule has 0 saturated heterocycles. The van der Waals surface area contributed by atoms with Crippen molar-refractivity contribution < 1.29 is 9.53 Å². The van der Waals surface area contributed by atoms with Gasteiger partial charge < -0.3 is 4.74 Å². The lowest BCUT2D eigenvalue weighted by Crippen LogP contribution is -2.08. The number of esters is 1. The molecule has 3 aromatic rings. The molecule has 3 nitrogen and oxygen atoms in total. The van der Waals surface area contributed by atoms with Gasteiger partial charge in [-0.25, -0.2) is 9.78 Å². The third-order valence-electron chi connectivity index (χ3n) is 5.01. The first-order chi connectivity index (χ1) is 13.6. The van der Waals surface area contributed by atoms with Crippen molar-refractivity contribution in [2.45, 2.75) is 52.9 Å². The number of rotatable bonds is 8. The quantitative estimate of drug-likeness (QED) is 0.327. The highest BCUT2D eigenvalue weighted by Crippen LogP contribution is 2.26. The van der Waals surface area contributed by atoms with Crippen LogP contribution in [0.5, 0.6) is 0 Å². The molecule has 2 aromatic carbocycles. The molecule has 3 rings (SSSR count). The van der Waals surface area contributed by atoms with E-state index in [4.69, 9.17) is 9.72 Å². The molecule has 1 heterocycles. The predicted molar refractivity (Wildman–Crippen MR) is 116 cm³/mol. The highest BCUT2D eigenvalue weighted by atomic mass is 16.5. The van der Waals surface area contributed by atoms with Crippen molar-refractivity contribution in [1.29, 1.82) is 0 Å². The molecular formula is C25H29NO2. The van der Waals surface area contributed by atoms with E-state index >= 15 is 0 Å². The Balaban J connectivity index is 1.87. The molecule has 0 amide bonds. The van der Waals surface area contributed by atoms with Gasteiger partial charge in [0.15, 0.2) is 0 Å². The van der Waals surface area contributed by atoms with E-state index in [9.17, 15) is 4.79 Å². The van der Waals surface area contributed by atoms with Gasteiger partial charge in [-0.2, -0.15) is 0 Å². The maximum Gasteiger partial charge on any atom is 0.338 e. The molecule has 0 fully saturated rings. The SMILES string of the molecule is CCCCCCCOC(=O)c1cc(-c2ccc(C)cc2)nc2ccc(C)cc12. The topological polar surface area (TPSA) is 39.2 Å². The van der Waals surface area contributed by atoms with Crippen molar-refractivity contribution in [3.63, 3.8) is 0 Å². The van der Waals surface area contributed by atoms with Crippen LogP contribution in [0.15, 0.2) is 48.5 Å². The van der Waals surface area contributed by atoms with Crippen LogP contribution in [0.2, 0.25) is 0 Å². The van der Waals surface area contributed by atoms with Gasteiger partial charge >= 0.3 is 5.97 Å².